The highest BCUT2D eigenvalue weighted by Gasteiger charge is 2.28. The van der Waals surface area contributed by atoms with Crippen molar-refractivity contribution in [2.45, 2.75) is 32.9 Å². The van der Waals surface area contributed by atoms with E-state index in [4.69, 9.17) is 14.5 Å². The van der Waals surface area contributed by atoms with Crippen molar-refractivity contribution in [2.24, 2.45) is 0 Å². The van der Waals surface area contributed by atoms with Crippen molar-refractivity contribution >= 4 is 39.2 Å². The Kier molecular flexibility index (Phi) is 7.16. The average molecular weight is 517 g/mol. The minimum absolute atomic E-state index is 0.427. The lowest BCUT2D eigenvalue weighted by Crippen LogP contribution is -2.34. The zero-order valence-corrected chi connectivity index (χ0v) is 21.8. The SMILES string of the molecule is CCN1CCc2nc3ccccc3c(C(=O)OC(C)C(=O)Nc3nc(-c4cccc(OC)c4)cs3)c2C1. The van der Waals surface area contributed by atoms with Gasteiger partial charge in [0.05, 0.1) is 23.9 Å². The molecule has 37 heavy (non-hydrogen) atoms. The number of carbonyl (C=O) groups is 2. The third kappa shape index (κ3) is 5.19. The molecule has 1 N–H and O–H groups in total. The van der Waals surface area contributed by atoms with Gasteiger partial charge < -0.3 is 9.47 Å². The van der Waals surface area contributed by atoms with Crippen molar-refractivity contribution in [2.75, 3.05) is 25.5 Å². The maximum atomic E-state index is 13.5. The number of hydrogen-bond acceptors (Lipinski definition) is 8. The molecule has 0 aliphatic carbocycles. The Morgan fingerprint density at radius 1 is 1.16 bits per heavy atom. The minimum Gasteiger partial charge on any atom is -0.497 e. The average Bonchev–Trinajstić information content (AvgIpc) is 3.39. The van der Waals surface area contributed by atoms with Crippen LogP contribution in [0.5, 0.6) is 5.75 Å². The topological polar surface area (TPSA) is 93.7 Å². The third-order valence-corrected chi connectivity index (χ3v) is 7.29. The molecule has 0 radical (unpaired) electrons. The Morgan fingerprint density at radius 2 is 2.00 bits per heavy atom. The number of nitrogens with zero attached hydrogens (tertiary/aromatic N) is 3. The van der Waals surface area contributed by atoms with Gasteiger partial charge in [-0.3, -0.25) is 20.0 Å². The Balaban J connectivity index is 1.34. The van der Waals surface area contributed by atoms with Crippen LogP contribution in [-0.2, 0) is 22.5 Å². The molecule has 0 spiro atoms. The van der Waals surface area contributed by atoms with Gasteiger partial charge in [-0.2, -0.15) is 0 Å². The molecule has 0 bridgehead atoms. The Labute approximate surface area is 219 Å². The van der Waals surface area contributed by atoms with Gasteiger partial charge in [-0.1, -0.05) is 37.3 Å². The summed E-state index contributed by atoms with van der Waals surface area (Å²) in [7, 11) is 1.61. The number of rotatable bonds is 7. The normalized spacial score (nSPS) is 14.1. The summed E-state index contributed by atoms with van der Waals surface area (Å²) < 4.78 is 11.0. The van der Waals surface area contributed by atoms with E-state index in [0.717, 1.165) is 58.7 Å². The molecule has 3 heterocycles. The molecule has 1 amide bonds. The lowest BCUT2D eigenvalue weighted by atomic mass is 9.95. The number of methoxy groups -OCH3 is 1. The predicted molar refractivity (Wildman–Crippen MR) is 144 cm³/mol. The van der Waals surface area contributed by atoms with E-state index in [1.54, 1.807) is 14.0 Å². The van der Waals surface area contributed by atoms with E-state index in [2.05, 4.69) is 22.1 Å². The fraction of sp³-hybridized carbons (Fsp3) is 0.286. The second-order valence-corrected chi connectivity index (χ2v) is 9.71. The molecule has 0 saturated heterocycles. The highest BCUT2D eigenvalue weighted by atomic mass is 32.1. The summed E-state index contributed by atoms with van der Waals surface area (Å²) in [5, 5.41) is 5.79. The Morgan fingerprint density at radius 3 is 2.81 bits per heavy atom. The molecule has 9 heteroatoms. The molecular formula is C28H28N4O4S. The number of esters is 1. The Hall–Kier alpha value is -3.82. The van der Waals surface area contributed by atoms with Gasteiger partial charge in [-0.15, -0.1) is 11.3 Å². The van der Waals surface area contributed by atoms with Crippen molar-refractivity contribution in [3.05, 3.63) is 70.7 Å². The molecule has 0 fully saturated rings. The number of carbonyl (C=O) groups excluding carboxylic acids is 2. The smallest absolute Gasteiger partial charge is 0.339 e. The highest BCUT2D eigenvalue weighted by Crippen LogP contribution is 2.30. The van der Waals surface area contributed by atoms with E-state index in [0.29, 0.717) is 17.2 Å². The number of thiazole rings is 1. The molecule has 4 aromatic rings. The summed E-state index contributed by atoms with van der Waals surface area (Å²) in [6, 6.07) is 15.1. The van der Waals surface area contributed by atoms with Crippen LogP contribution >= 0.6 is 11.3 Å². The van der Waals surface area contributed by atoms with Gasteiger partial charge in [0.2, 0.25) is 0 Å². The highest BCUT2D eigenvalue weighted by molar-refractivity contribution is 7.14. The molecule has 1 aliphatic rings. The number of fused-ring (bicyclic) bond motifs is 2. The van der Waals surface area contributed by atoms with Crippen molar-refractivity contribution in [1.29, 1.82) is 0 Å². The first-order chi connectivity index (χ1) is 18.0. The van der Waals surface area contributed by atoms with Crippen molar-refractivity contribution in [3.63, 3.8) is 0 Å². The number of anilines is 1. The number of benzene rings is 2. The standard InChI is InChI=1S/C28H28N4O4S/c1-4-32-13-12-23-21(15-32)25(20-10-5-6-11-22(20)29-23)27(34)36-17(2)26(33)31-28-30-24(16-37-28)18-8-7-9-19(14-18)35-3/h5-11,14,16-17H,4,12-13,15H2,1-3H3,(H,30,31,33). The zero-order chi connectivity index (χ0) is 25.9. The first-order valence-electron chi connectivity index (χ1n) is 12.2. The first kappa shape index (κ1) is 24.9. The van der Waals surface area contributed by atoms with Gasteiger partial charge in [0.1, 0.15) is 5.75 Å². The van der Waals surface area contributed by atoms with E-state index < -0.39 is 18.0 Å². The number of amides is 1. The van der Waals surface area contributed by atoms with Crippen LogP contribution in [-0.4, -0.2) is 53.0 Å². The van der Waals surface area contributed by atoms with Gasteiger partial charge in [0.15, 0.2) is 11.2 Å². The van der Waals surface area contributed by atoms with Gasteiger partial charge in [-0.05, 0) is 31.7 Å². The van der Waals surface area contributed by atoms with Crippen LogP contribution in [0.15, 0.2) is 53.9 Å². The molecule has 0 saturated carbocycles. The zero-order valence-electron chi connectivity index (χ0n) is 21.0. The third-order valence-electron chi connectivity index (χ3n) is 6.53. The summed E-state index contributed by atoms with van der Waals surface area (Å²) >= 11 is 1.30. The molecule has 1 unspecified atom stereocenters. The van der Waals surface area contributed by atoms with Gasteiger partial charge in [0.25, 0.3) is 5.91 Å². The van der Waals surface area contributed by atoms with Crippen LogP contribution in [0.3, 0.4) is 0 Å². The molecule has 8 nitrogen and oxygen atoms in total. The van der Waals surface area contributed by atoms with E-state index in [-0.39, 0.29) is 0 Å². The summed E-state index contributed by atoms with van der Waals surface area (Å²) in [6.07, 6.45) is -0.241. The molecule has 1 atom stereocenters. The first-order valence-corrected chi connectivity index (χ1v) is 13.1. The van der Waals surface area contributed by atoms with Crippen LogP contribution in [0.1, 0.15) is 35.5 Å². The number of pyridine rings is 1. The lowest BCUT2D eigenvalue weighted by Gasteiger charge is -2.29. The van der Waals surface area contributed by atoms with Crippen molar-refractivity contribution in [1.82, 2.24) is 14.9 Å². The predicted octanol–water partition coefficient (Wildman–Crippen LogP) is 4.93. The largest absolute Gasteiger partial charge is 0.497 e. The van der Waals surface area contributed by atoms with E-state index in [1.807, 2.05) is 53.9 Å². The van der Waals surface area contributed by atoms with Gasteiger partial charge in [-0.25, -0.2) is 9.78 Å². The van der Waals surface area contributed by atoms with Crippen LogP contribution in [0.2, 0.25) is 0 Å². The second-order valence-electron chi connectivity index (χ2n) is 8.85. The number of ether oxygens (including phenoxy) is 2. The summed E-state index contributed by atoms with van der Waals surface area (Å²) in [5.74, 6) is -0.238. The summed E-state index contributed by atoms with van der Waals surface area (Å²) in [4.78, 5) is 38.0. The van der Waals surface area contributed by atoms with E-state index >= 15 is 0 Å². The maximum absolute atomic E-state index is 13.5. The van der Waals surface area contributed by atoms with Gasteiger partial charge >= 0.3 is 5.97 Å². The van der Waals surface area contributed by atoms with Crippen molar-refractivity contribution < 1.29 is 19.1 Å². The number of nitrogens with one attached hydrogen (secondary N) is 1. The quantitative estimate of drug-likeness (QED) is 0.348. The number of hydrogen-bond donors (Lipinski definition) is 1. The number of aromatic nitrogens is 2. The van der Waals surface area contributed by atoms with E-state index in [9.17, 15) is 9.59 Å². The number of para-hydroxylation sites is 1. The Bertz CT molecular complexity index is 1470. The summed E-state index contributed by atoms with van der Waals surface area (Å²) in [5.41, 5.74) is 4.65. The molecule has 2 aromatic carbocycles. The van der Waals surface area contributed by atoms with Crippen LogP contribution < -0.4 is 10.1 Å². The fourth-order valence-corrected chi connectivity index (χ4v) is 5.20. The summed E-state index contributed by atoms with van der Waals surface area (Å²) in [6.45, 7) is 6.07. The molecule has 2 aromatic heterocycles. The lowest BCUT2D eigenvalue weighted by molar-refractivity contribution is -0.123. The van der Waals surface area contributed by atoms with E-state index in [1.165, 1.54) is 11.3 Å². The molecular weight excluding hydrogens is 488 g/mol. The van der Waals surface area contributed by atoms with Gasteiger partial charge in [0, 0.05) is 47.1 Å². The van der Waals surface area contributed by atoms with Crippen LogP contribution in [0, 0.1) is 0 Å². The molecule has 1 aliphatic heterocycles. The van der Waals surface area contributed by atoms with Crippen LogP contribution in [0.4, 0.5) is 5.13 Å². The second kappa shape index (κ2) is 10.7. The van der Waals surface area contributed by atoms with Crippen molar-refractivity contribution in [3.8, 4) is 17.0 Å². The number of likely N-dealkylation sites (N-methyl/N-ethyl adjacent to an activating group) is 1. The maximum Gasteiger partial charge on any atom is 0.339 e. The van der Waals surface area contributed by atoms with Crippen LogP contribution in [0.25, 0.3) is 22.2 Å². The molecule has 190 valence electrons. The molecule has 5 rings (SSSR count). The fourth-order valence-electron chi connectivity index (χ4n) is 4.48. The minimum atomic E-state index is -1.01. The monoisotopic (exact) mass is 516 g/mol.